The minimum atomic E-state index is -4.67. The van der Waals surface area contributed by atoms with Crippen LogP contribution in [0.2, 0.25) is 0 Å². The third kappa shape index (κ3) is 4.04. The average molecular weight is 250 g/mol. The summed E-state index contributed by atoms with van der Waals surface area (Å²) in [5, 5.41) is 7.37. The van der Waals surface area contributed by atoms with Crippen LogP contribution in [0.5, 0.6) is 0 Å². The van der Waals surface area contributed by atoms with Crippen molar-refractivity contribution in [1.82, 2.24) is 9.78 Å². The molecule has 1 atom stereocenters. The fourth-order valence-electron chi connectivity index (χ4n) is 1.36. The van der Waals surface area contributed by atoms with Gasteiger partial charge in [-0.05, 0) is 5.92 Å². The smallest absolute Gasteiger partial charge is 0.394 e. The molecule has 92 valence electrons. The zero-order chi connectivity index (χ0) is 12.3. The van der Waals surface area contributed by atoms with Gasteiger partial charge < -0.3 is 11.1 Å². The van der Waals surface area contributed by atoms with Gasteiger partial charge in [-0.3, -0.25) is 9.11 Å². The standard InChI is InChI=1S/C7H12N4.H2O4S/c1-5-2-9-7-6(8)3-10-11(7)4-5;1-5(2,3)4/h3,5,9H,2,4,8H2,1H3;(H2,1,2,3,4). The van der Waals surface area contributed by atoms with Gasteiger partial charge in [0.05, 0.1) is 11.9 Å². The summed E-state index contributed by atoms with van der Waals surface area (Å²) in [5.74, 6) is 1.62. The van der Waals surface area contributed by atoms with Crippen molar-refractivity contribution >= 4 is 21.9 Å². The molecule has 2 heterocycles. The number of rotatable bonds is 0. The van der Waals surface area contributed by atoms with E-state index in [9.17, 15) is 0 Å². The molecule has 16 heavy (non-hydrogen) atoms. The van der Waals surface area contributed by atoms with Crippen molar-refractivity contribution in [2.75, 3.05) is 17.6 Å². The Balaban J connectivity index is 0.000000221. The predicted molar refractivity (Wildman–Crippen MR) is 58.5 cm³/mol. The second-order valence-corrected chi connectivity index (χ2v) is 4.46. The first kappa shape index (κ1) is 12.7. The first-order chi connectivity index (χ1) is 7.27. The molecule has 0 bridgehead atoms. The topological polar surface area (TPSA) is 130 Å². The van der Waals surface area contributed by atoms with Gasteiger partial charge in [0.25, 0.3) is 0 Å². The molecule has 1 aliphatic heterocycles. The molecule has 0 saturated carbocycles. The number of anilines is 2. The van der Waals surface area contributed by atoms with Crippen LogP contribution in [0, 0.1) is 5.92 Å². The SMILES string of the molecule is CC1CNc2c(N)cnn2C1.O=S(=O)(O)O. The molecular weight excluding hydrogens is 236 g/mol. The third-order valence-corrected chi connectivity index (χ3v) is 1.97. The highest BCUT2D eigenvalue weighted by atomic mass is 32.3. The Bertz CT molecular complexity index is 447. The molecule has 1 aromatic heterocycles. The molecule has 1 aliphatic rings. The summed E-state index contributed by atoms with van der Waals surface area (Å²) >= 11 is 0. The Kier molecular flexibility index (Phi) is 3.73. The van der Waals surface area contributed by atoms with Crippen LogP contribution in [0.4, 0.5) is 11.5 Å². The van der Waals surface area contributed by atoms with Gasteiger partial charge in [0.2, 0.25) is 0 Å². The van der Waals surface area contributed by atoms with E-state index in [4.69, 9.17) is 23.3 Å². The summed E-state index contributed by atoms with van der Waals surface area (Å²) < 4.78 is 33.5. The normalized spacial score (nSPS) is 19.1. The number of nitrogens with one attached hydrogen (secondary N) is 1. The number of nitrogens with zero attached hydrogens (tertiary/aromatic N) is 2. The van der Waals surface area contributed by atoms with E-state index in [1.165, 1.54) is 0 Å². The van der Waals surface area contributed by atoms with Crippen LogP contribution in [0.3, 0.4) is 0 Å². The van der Waals surface area contributed by atoms with E-state index in [-0.39, 0.29) is 0 Å². The number of nitrogens with two attached hydrogens (primary N) is 1. The van der Waals surface area contributed by atoms with Crippen molar-refractivity contribution in [2.45, 2.75) is 13.5 Å². The Morgan fingerprint density at radius 3 is 2.75 bits per heavy atom. The Hall–Kier alpha value is -1.32. The van der Waals surface area contributed by atoms with E-state index in [1.807, 2.05) is 4.68 Å². The highest BCUT2D eigenvalue weighted by molar-refractivity contribution is 7.79. The van der Waals surface area contributed by atoms with Crippen molar-refractivity contribution in [1.29, 1.82) is 0 Å². The van der Waals surface area contributed by atoms with Crippen LogP contribution >= 0.6 is 0 Å². The number of hydrogen-bond donors (Lipinski definition) is 4. The van der Waals surface area contributed by atoms with E-state index in [0.29, 0.717) is 5.92 Å². The maximum atomic E-state index is 8.74. The fourth-order valence-corrected chi connectivity index (χ4v) is 1.36. The van der Waals surface area contributed by atoms with E-state index in [0.717, 1.165) is 24.6 Å². The van der Waals surface area contributed by atoms with E-state index in [1.54, 1.807) is 6.20 Å². The average Bonchev–Trinajstić information content (AvgIpc) is 2.44. The number of aromatic nitrogens is 2. The maximum Gasteiger partial charge on any atom is 0.394 e. The summed E-state index contributed by atoms with van der Waals surface area (Å²) in [6.45, 7) is 4.16. The lowest BCUT2D eigenvalue weighted by molar-refractivity contribution is 0.381. The first-order valence-electron chi connectivity index (χ1n) is 4.52. The van der Waals surface area contributed by atoms with Crippen molar-refractivity contribution in [3.63, 3.8) is 0 Å². The van der Waals surface area contributed by atoms with Gasteiger partial charge in [0.1, 0.15) is 5.82 Å². The molecule has 0 spiro atoms. The molecule has 9 heteroatoms. The van der Waals surface area contributed by atoms with Gasteiger partial charge in [-0.25, -0.2) is 4.68 Å². The van der Waals surface area contributed by atoms with Crippen molar-refractivity contribution in [2.24, 2.45) is 5.92 Å². The van der Waals surface area contributed by atoms with Gasteiger partial charge in [-0.2, -0.15) is 13.5 Å². The number of hydrogen-bond acceptors (Lipinski definition) is 5. The molecule has 0 saturated heterocycles. The summed E-state index contributed by atoms with van der Waals surface area (Å²) in [7, 11) is -4.67. The van der Waals surface area contributed by atoms with Crippen molar-refractivity contribution < 1.29 is 17.5 Å². The molecule has 2 rings (SSSR count). The lowest BCUT2D eigenvalue weighted by Gasteiger charge is -2.21. The first-order valence-corrected chi connectivity index (χ1v) is 5.92. The number of nitrogen functional groups attached to an aromatic ring is 1. The fraction of sp³-hybridized carbons (Fsp3) is 0.571. The van der Waals surface area contributed by atoms with Gasteiger partial charge in [0.15, 0.2) is 0 Å². The van der Waals surface area contributed by atoms with E-state index in [2.05, 4.69) is 17.3 Å². The molecule has 8 nitrogen and oxygen atoms in total. The van der Waals surface area contributed by atoms with Gasteiger partial charge in [-0.15, -0.1) is 0 Å². The lowest BCUT2D eigenvalue weighted by Crippen LogP contribution is -2.25. The molecule has 0 radical (unpaired) electrons. The highest BCUT2D eigenvalue weighted by Crippen LogP contribution is 2.22. The number of fused-ring (bicyclic) bond motifs is 1. The molecule has 0 aromatic carbocycles. The Labute approximate surface area is 93.0 Å². The Morgan fingerprint density at radius 1 is 1.62 bits per heavy atom. The Morgan fingerprint density at radius 2 is 2.19 bits per heavy atom. The summed E-state index contributed by atoms with van der Waals surface area (Å²) in [5.41, 5.74) is 6.41. The zero-order valence-corrected chi connectivity index (χ0v) is 9.48. The second-order valence-electron chi connectivity index (χ2n) is 3.56. The molecule has 0 fully saturated rings. The van der Waals surface area contributed by atoms with E-state index >= 15 is 0 Å². The van der Waals surface area contributed by atoms with Crippen molar-refractivity contribution in [3.05, 3.63) is 6.20 Å². The van der Waals surface area contributed by atoms with Gasteiger partial charge in [0, 0.05) is 13.1 Å². The zero-order valence-electron chi connectivity index (χ0n) is 8.66. The summed E-state index contributed by atoms with van der Waals surface area (Å²) in [4.78, 5) is 0. The molecule has 0 amide bonds. The van der Waals surface area contributed by atoms with Crippen LogP contribution in [0.1, 0.15) is 6.92 Å². The molecule has 1 aromatic rings. The summed E-state index contributed by atoms with van der Waals surface area (Å²) in [6, 6.07) is 0. The van der Waals surface area contributed by atoms with E-state index < -0.39 is 10.4 Å². The minimum Gasteiger partial charge on any atom is -0.394 e. The molecule has 5 N–H and O–H groups in total. The van der Waals surface area contributed by atoms with Crippen molar-refractivity contribution in [3.8, 4) is 0 Å². The van der Waals surface area contributed by atoms with Gasteiger partial charge in [-0.1, -0.05) is 6.92 Å². The predicted octanol–water partition coefficient (Wildman–Crippen LogP) is -0.126. The summed E-state index contributed by atoms with van der Waals surface area (Å²) in [6.07, 6.45) is 1.69. The monoisotopic (exact) mass is 250 g/mol. The van der Waals surface area contributed by atoms with Crippen LogP contribution < -0.4 is 11.1 Å². The minimum absolute atomic E-state index is 0.641. The second kappa shape index (κ2) is 4.68. The molecule has 1 unspecified atom stereocenters. The van der Waals surface area contributed by atoms with Crippen LogP contribution in [-0.2, 0) is 16.9 Å². The highest BCUT2D eigenvalue weighted by Gasteiger charge is 2.16. The van der Waals surface area contributed by atoms with Gasteiger partial charge >= 0.3 is 10.4 Å². The molecular formula is C7H14N4O4S. The molecule has 0 aliphatic carbocycles. The van der Waals surface area contributed by atoms with Crippen LogP contribution in [-0.4, -0.2) is 33.8 Å². The quantitative estimate of drug-likeness (QED) is 0.472. The third-order valence-electron chi connectivity index (χ3n) is 1.97. The van der Waals surface area contributed by atoms with Crippen LogP contribution in [0.15, 0.2) is 6.20 Å². The van der Waals surface area contributed by atoms with Crippen LogP contribution in [0.25, 0.3) is 0 Å². The largest absolute Gasteiger partial charge is 0.394 e. The lowest BCUT2D eigenvalue weighted by atomic mass is 10.1. The maximum absolute atomic E-state index is 8.74.